The van der Waals surface area contributed by atoms with Gasteiger partial charge in [0.15, 0.2) is 0 Å². The fourth-order valence-electron chi connectivity index (χ4n) is 2.17. The first-order chi connectivity index (χ1) is 9.25. The van der Waals surface area contributed by atoms with Gasteiger partial charge in [-0.2, -0.15) is 0 Å². The Morgan fingerprint density at radius 2 is 2.00 bits per heavy atom. The van der Waals surface area contributed by atoms with Crippen molar-refractivity contribution in [3.05, 3.63) is 35.6 Å². The number of hydrogen-bond acceptors (Lipinski definition) is 3. The second-order valence-corrected chi connectivity index (χ2v) is 4.71. The van der Waals surface area contributed by atoms with Gasteiger partial charge in [0, 0.05) is 39.3 Å². The van der Waals surface area contributed by atoms with Crippen LogP contribution < -0.4 is 10.6 Å². The number of benzene rings is 1. The molecule has 1 heterocycles. The summed E-state index contributed by atoms with van der Waals surface area (Å²) in [6.45, 7) is 5.51. The molecule has 6 heteroatoms. The average molecular weight is 302 g/mol. The van der Waals surface area contributed by atoms with E-state index < -0.39 is 0 Å². The van der Waals surface area contributed by atoms with Gasteiger partial charge in [-0.3, -0.25) is 9.69 Å². The number of rotatable bonds is 5. The Morgan fingerprint density at radius 3 is 2.70 bits per heavy atom. The third kappa shape index (κ3) is 5.45. The Kier molecular flexibility index (Phi) is 7.51. The summed E-state index contributed by atoms with van der Waals surface area (Å²) >= 11 is 0. The molecule has 1 aromatic rings. The molecule has 0 radical (unpaired) electrons. The highest BCUT2D eigenvalue weighted by Gasteiger charge is 2.10. The maximum Gasteiger partial charge on any atom is 0.224 e. The number of halogens is 2. The topological polar surface area (TPSA) is 44.4 Å². The third-order valence-electron chi connectivity index (χ3n) is 3.27. The van der Waals surface area contributed by atoms with Crippen molar-refractivity contribution in [1.82, 2.24) is 15.5 Å². The molecule has 0 atom stereocenters. The Morgan fingerprint density at radius 1 is 1.30 bits per heavy atom. The molecule has 0 bridgehead atoms. The smallest absolute Gasteiger partial charge is 0.224 e. The molecule has 0 aromatic heterocycles. The minimum Gasteiger partial charge on any atom is -0.355 e. The van der Waals surface area contributed by atoms with E-state index in [1.807, 2.05) is 0 Å². The molecule has 0 aliphatic carbocycles. The number of nitrogens with one attached hydrogen (secondary N) is 2. The highest BCUT2D eigenvalue weighted by molar-refractivity contribution is 5.85. The van der Waals surface area contributed by atoms with E-state index in [2.05, 4.69) is 15.5 Å². The van der Waals surface area contributed by atoms with Crippen LogP contribution in [0, 0.1) is 5.82 Å². The Bertz CT molecular complexity index is 425. The molecule has 2 N–H and O–H groups in total. The Labute approximate surface area is 125 Å². The van der Waals surface area contributed by atoms with Crippen molar-refractivity contribution in [2.75, 3.05) is 39.3 Å². The number of amides is 1. The van der Waals surface area contributed by atoms with Crippen molar-refractivity contribution in [2.24, 2.45) is 0 Å². The van der Waals surface area contributed by atoms with Gasteiger partial charge < -0.3 is 10.6 Å². The molecule has 1 fully saturated rings. The van der Waals surface area contributed by atoms with Crippen molar-refractivity contribution >= 4 is 18.3 Å². The third-order valence-corrected chi connectivity index (χ3v) is 3.27. The van der Waals surface area contributed by atoms with Crippen LogP contribution in [0.5, 0.6) is 0 Å². The summed E-state index contributed by atoms with van der Waals surface area (Å²) in [7, 11) is 0. The molecule has 4 nitrogen and oxygen atoms in total. The van der Waals surface area contributed by atoms with Crippen LogP contribution in [0.3, 0.4) is 0 Å². The van der Waals surface area contributed by atoms with Gasteiger partial charge in [0.05, 0.1) is 6.42 Å². The molecule has 112 valence electrons. The summed E-state index contributed by atoms with van der Waals surface area (Å²) in [5.74, 6) is -0.444. The standard InChI is InChI=1S/C14H20FN3O.ClH/c15-13-4-2-1-3-12(13)11-14(19)17-7-10-18-8-5-16-6-9-18;/h1-4,16H,5-11H2,(H,17,19);1H. The molecule has 1 aromatic carbocycles. The van der Waals surface area contributed by atoms with Crippen molar-refractivity contribution in [3.63, 3.8) is 0 Å². The highest BCUT2D eigenvalue weighted by Crippen LogP contribution is 2.06. The van der Waals surface area contributed by atoms with Gasteiger partial charge in [0.1, 0.15) is 5.82 Å². The molecule has 0 saturated carbocycles. The second kappa shape index (κ2) is 8.89. The van der Waals surface area contributed by atoms with E-state index in [-0.39, 0.29) is 30.6 Å². The first-order valence-electron chi connectivity index (χ1n) is 6.69. The number of nitrogens with zero attached hydrogens (tertiary/aromatic N) is 1. The molecule has 0 spiro atoms. The van der Waals surface area contributed by atoms with Crippen molar-refractivity contribution in [3.8, 4) is 0 Å². The molecule has 1 amide bonds. The summed E-state index contributed by atoms with van der Waals surface area (Å²) < 4.78 is 13.4. The quantitative estimate of drug-likeness (QED) is 0.846. The molecule has 20 heavy (non-hydrogen) atoms. The van der Waals surface area contributed by atoms with Gasteiger partial charge in [-0.15, -0.1) is 12.4 Å². The summed E-state index contributed by atoms with van der Waals surface area (Å²) in [6.07, 6.45) is 0.105. The lowest BCUT2D eigenvalue weighted by atomic mass is 10.1. The fraction of sp³-hybridized carbons (Fsp3) is 0.500. The minimum atomic E-state index is -0.320. The van der Waals surface area contributed by atoms with Gasteiger partial charge in [-0.05, 0) is 11.6 Å². The predicted octanol–water partition coefficient (Wildman–Crippen LogP) is 0.811. The molecule has 1 saturated heterocycles. The first kappa shape index (κ1) is 16.9. The Hall–Kier alpha value is -1.17. The van der Waals surface area contributed by atoms with Gasteiger partial charge >= 0.3 is 0 Å². The largest absolute Gasteiger partial charge is 0.355 e. The number of piperazine rings is 1. The summed E-state index contributed by atoms with van der Waals surface area (Å²) in [4.78, 5) is 14.0. The van der Waals surface area contributed by atoms with Crippen LogP contribution in [0.2, 0.25) is 0 Å². The van der Waals surface area contributed by atoms with E-state index in [0.29, 0.717) is 12.1 Å². The van der Waals surface area contributed by atoms with Gasteiger partial charge in [-0.1, -0.05) is 18.2 Å². The van der Waals surface area contributed by atoms with Crippen LogP contribution >= 0.6 is 12.4 Å². The fourth-order valence-corrected chi connectivity index (χ4v) is 2.17. The SMILES string of the molecule is Cl.O=C(Cc1ccccc1F)NCCN1CCNCC1. The zero-order valence-electron chi connectivity index (χ0n) is 11.4. The van der Waals surface area contributed by atoms with Crippen LogP contribution in [-0.2, 0) is 11.2 Å². The molecule has 1 aliphatic rings. The lowest BCUT2D eigenvalue weighted by Crippen LogP contribution is -2.46. The van der Waals surface area contributed by atoms with E-state index in [9.17, 15) is 9.18 Å². The van der Waals surface area contributed by atoms with Gasteiger partial charge in [-0.25, -0.2) is 4.39 Å². The van der Waals surface area contributed by atoms with Crippen molar-refractivity contribution in [1.29, 1.82) is 0 Å². The average Bonchev–Trinajstić information content (AvgIpc) is 2.43. The molecule has 2 rings (SSSR count). The van der Waals surface area contributed by atoms with Crippen LogP contribution in [0.25, 0.3) is 0 Å². The van der Waals surface area contributed by atoms with Crippen LogP contribution in [0.15, 0.2) is 24.3 Å². The van der Waals surface area contributed by atoms with E-state index in [1.54, 1.807) is 18.2 Å². The lowest BCUT2D eigenvalue weighted by molar-refractivity contribution is -0.120. The lowest BCUT2D eigenvalue weighted by Gasteiger charge is -2.27. The minimum absolute atomic E-state index is 0. The second-order valence-electron chi connectivity index (χ2n) is 4.71. The first-order valence-corrected chi connectivity index (χ1v) is 6.69. The monoisotopic (exact) mass is 301 g/mol. The van der Waals surface area contributed by atoms with Crippen LogP contribution in [0.1, 0.15) is 5.56 Å². The molecular weight excluding hydrogens is 281 g/mol. The Balaban J connectivity index is 0.00000200. The number of carbonyl (C=O) groups excluding carboxylic acids is 1. The zero-order valence-corrected chi connectivity index (χ0v) is 12.2. The van der Waals surface area contributed by atoms with Crippen molar-refractivity contribution in [2.45, 2.75) is 6.42 Å². The highest BCUT2D eigenvalue weighted by atomic mass is 35.5. The van der Waals surface area contributed by atoms with E-state index >= 15 is 0 Å². The van der Waals surface area contributed by atoms with Crippen LogP contribution in [-0.4, -0.2) is 50.1 Å². The molecule has 1 aliphatic heterocycles. The maximum atomic E-state index is 13.4. The number of hydrogen-bond donors (Lipinski definition) is 2. The molecule has 0 unspecified atom stereocenters. The summed E-state index contributed by atoms with van der Waals surface area (Å²) in [5, 5.41) is 6.12. The van der Waals surface area contributed by atoms with Crippen molar-refractivity contribution < 1.29 is 9.18 Å². The van der Waals surface area contributed by atoms with E-state index in [1.165, 1.54) is 6.07 Å². The normalized spacial score (nSPS) is 15.4. The van der Waals surface area contributed by atoms with Crippen LogP contribution in [0.4, 0.5) is 4.39 Å². The summed E-state index contributed by atoms with van der Waals surface area (Å²) in [5.41, 5.74) is 0.446. The van der Waals surface area contributed by atoms with E-state index in [0.717, 1.165) is 32.7 Å². The van der Waals surface area contributed by atoms with Gasteiger partial charge in [0.25, 0.3) is 0 Å². The molecular formula is C14H21ClFN3O. The number of carbonyl (C=O) groups is 1. The zero-order chi connectivity index (χ0) is 13.5. The maximum absolute atomic E-state index is 13.4. The predicted molar refractivity (Wildman–Crippen MR) is 79.7 cm³/mol. The summed E-state index contributed by atoms with van der Waals surface area (Å²) in [6, 6.07) is 6.39. The van der Waals surface area contributed by atoms with E-state index in [4.69, 9.17) is 0 Å². The van der Waals surface area contributed by atoms with Gasteiger partial charge in [0.2, 0.25) is 5.91 Å².